The Kier molecular flexibility index (Phi) is 3.13. The molecule has 2 aliphatic carbocycles. The molecule has 1 spiro atoms. The van der Waals surface area contributed by atoms with Crippen LogP contribution in [0.4, 0.5) is 0 Å². The van der Waals surface area contributed by atoms with Gasteiger partial charge in [-0.05, 0) is 60.6 Å². The minimum Gasteiger partial charge on any atom is -0.486 e. The Morgan fingerprint density at radius 3 is 2.71 bits per heavy atom. The fourth-order valence-electron chi connectivity index (χ4n) is 3.78. The van der Waals surface area contributed by atoms with Crippen molar-refractivity contribution in [1.82, 2.24) is 5.32 Å². The van der Waals surface area contributed by atoms with Gasteiger partial charge in [0.1, 0.15) is 13.2 Å². The number of ether oxygens (including phenoxy) is 2. The van der Waals surface area contributed by atoms with Gasteiger partial charge < -0.3 is 14.8 Å². The van der Waals surface area contributed by atoms with Gasteiger partial charge in [-0.3, -0.25) is 4.79 Å². The van der Waals surface area contributed by atoms with Gasteiger partial charge in [-0.15, -0.1) is 11.3 Å². The number of benzene rings is 1. The molecule has 1 aromatic heterocycles. The maximum atomic E-state index is 12.5. The summed E-state index contributed by atoms with van der Waals surface area (Å²) in [5, 5.41) is 3.20. The van der Waals surface area contributed by atoms with Gasteiger partial charge in [-0.2, -0.15) is 0 Å². The number of amides is 1. The first-order valence-electron chi connectivity index (χ1n) is 8.54. The molecule has 2 heterocycles. The average molecular weight is 341 g/mol. The van der Waals surface area contributed by atoms with Crippen LogP contribution >= 0.6 is 11.3 Å². The number of carbonyl (C=O) groups is 1. The Hall–Kier alpha value is -2.01. The molecule has 1 atom stereocenters. The lowest BCUT2D eigenvalue weighted by Gasteiger charge is -2.26. The van der Waals surface area contributed by atoms with E-state index in [1.807, 2.05) is 30.3 Å². The van der Waals surface area contributed by atoms with E-state index < -0.39 is 0 Å². The topological polar surface area (TPSA) is 47.6 Å². The minimum absolute atomic E-state index is 0.0672. The van der Waals surface area contributed by atoms with Crippen LogP contribution in [-0.2, 0) is 0 Å². The van der Waals surface area contributed by atoms with Crippen molar-refractivity contribution in [2.45, 2.75) is 31.7 Å². The van der Waals surface area contributed by atoms with Crippen molar-refractivity contribution in [3.05, 3.63) is 35.2 Å². The highest BCUT2D eigenvalue weighted by atomic mass is 32.1. The summed E-state index contributed by atoms with van der Waals surface area (Å²) >= 11 is 1.53. The van der Waals surface area contributed by atoms with Crippen LogP contribution in [0.3, 0.4) is 0 Å². The summed E-state index contributed by atoms with van der Waals surface area (Å²) in [6.45, 7) is 1.18. The second-order valence-electron chi connectivity index (χ2n) is 6.97. The molecular weight excluding hydrogens is 322 g/mol. The van der Waals surface area contributed by atoms with Gasteiger partial charge in [-0.25, -0.2) is 0 Å². The Morgan fingerprint density at radius 2 is 1.96 bits per heavy atom. The maximum Gasteiger partial charge on any atom is 0.261 e. The lowest BCUT2D eigenvalue weighted by Crippen LogP contribution is -2.31. The van der Waals surface area contributed by atoms with Crippen LogP contribution in [0.2, 0.25) is 0 Å². The molecule has 24 heavy (non-hydrogen) atoms. The van der Waals surface area contributed by atoms with E-state index in [0.717, 1.165) is 26.8 Å². The second-order valence-corrected chi connectivity index (χ2v) is 8.05. The second kappa shape index (κ2) is 5.24. The third-order valence-corrected chi connectivity index (χ3v) is 6.63. The lowest BCUT2D eigenvalue weighted by molar-refractivity contribution is 0.0942. The third kappa shape index (κ3) is 2.30. The van der Waals surface area contributed by atoms with Gasteiger partial charge in [0, 0.05) is 10.9 Å². The van der Waals surface area contributed by atoms with Crippen LogP contribution in [0.15, 0.2) is 30.3 Å². The highest BCUT2D eigenvalue weighted by molar-refractivity contribution is 7.17. The number of thiophene rings is 1. The summed E-state index contributed by atoms with van der Waals surface area (Å²) in [5.74, 6) is 1.64. The first-order chi connectivity index (χ1) is 11.7. The SMILES string of the molecule is O=C(NC1CC12CCC2)c1ccc(-c2ccc3c(c2)OCCO3)s1. The largest absolute Gasteiger partial charge is 0.486 e. The summed E-state index contributed by atoms with van der Waals surface area (Å²) < 4.78 is 11.2. The normalized spacial score (nSPS) is 22.8. The van der Waals surface area contributed by atoms with E-state index in [2.05, 4.69) is 5.32 Å². The number of carbonyl (C=O) groups excluding carboxylic acids is 1. The molecule has 1 amide bonds. The molecule has 0 saturated heterocycles. The van der Waals surface area contributed by atoms with E-state index in [1.54, 1.807) is 0 Å². The molecule has 1 aromatic carbocycles. The van der Waals surface area contributed by atoms with Crippen molar-refractivity contribution in [3.63, 3.8) is 0 Å². The fraction of sp³-hybridized carbons (Fsp3) is 0.421. The fourth-order valence-corrected chi connectivity index (χ4v) is 4.68. The Bertz CT molecular complexity index is 809. The Balaban J connectivity index is 1.32. The van der Waals surface area contributed by atoms with Crippen LogP contribution in [0.1, 0.15) is 35.4 Å². The predicted molar refractivity (Wildman–Crippen MR) is 92.9 cm³/mol. The van der Waals surface area contributed by atoms with Crippen molar-refractivity contribution in [2.75, 3.05) is 13.2 Å². The molecule has 4 nitrogen and oxygen atoms in total. The summed E-state index contributed by atoms with van der Waals surface area (Å²) in [4.78, 5) is 14.3. The van der Waals surface area contributed by atoms with Crippen LogP contribution < -0.4 is 14.8 Å². The Morgan fingerprint density at radius 1 is 1.12 bits per heavy atom. The molecule has 5 heteroatoms. The molecule has 124 valence electrons. The molecule has 3 aliphatic rings. The van der Waals surface area contributed by atoms with Crippen LogP contribution in [0, 0.1) is 5.41 Å². The van der Waals surface area contributed by atoms with Gasteiger partial charge in [0.15, 0.2) is 11.5 Å². The molecule has 2 saturated carbocycles. The zero-order chi connectivity index (χ0) is 16.1. The summed E-state index contributed by atoms with van der Waals surface area (Å²) in [7, 11) is 0. The standard InChI is InChI=1S/C19H19NO3S/c21-18(20-17-11-19(17)6-1-7-19)16-5-4-15(24-16)12-2-3-13-14(10-12)23-9-8-22-13/h2-5,10,17H,1,6-9,11H2,(H,20,21). The van der Waals surface area contributed by atoms with E-state index in [0.29, 0.717) is 24.7 Å². The first kappa shape index (κ1) is 14.3. The zero-order valence-corrected chi connectivity index (χ0v) is 14.2. The number of hydrogen-bond donors (Lipinski definition) is 1. The van der Waals surface area contributed by atoms with E-state index in [4.69, 9.17) is 9.47 Å². The first-order valence-corrected chi connectivity index (χ1v) is 9.36. The van der Waals surface area contributed by atoms with Gasteiger partial charge in [0.25, 0.3) is 5.91 Å². The van der Waals surface area contributed by atoms with Gasteiger partial charge in [0.2, 0.25) is 0 Å². The molecule has 2 aromatic rings. The summed E-state index contributed by atoms with van der Waals surface area (Å²) in [5.41, 5.74) is 1.52. The third-order valence-electron chi connectivity index (χ3n) is 5.50. The highest BCUT2D eigenvalue weighted by Gasteiger charge is 2.58. The molecule has 1 N–H and O–H groups in total. The lowest BCUT2D eigenvalue weighted by atomic mass is 9.81. The molecule has 1 unspecified atom stereocenters. The van der Waals surface area contributed by atoms with E-state index in [9.17, 15) is 4.79 Å². The predicted octanol–water partition coefficient (Wildman–Crippen LogP) is 3.86. The highest BCUT2D eigenvalue weighted by Crippen LogP contribution is 2.60. The molecular formula is C19H19NO3S. The number of nitrogens with one attached hydrogen (secondary N) is 1. The smallest absolute Gasteiger partial charge is 0.261 e. The molecule has 5 rings (SSSR count). The molecule has 1 aliphatic heterocycles. The quantitative estimate of drug-likeness (QED) is 0.922. The Labute approximate surface area is 144 Å². The van der Waals surface area contributed by atoms with Gasteiger partial charge in [-0.1, -0.05) is 6.42 Å². The number of hydrogen-bond acceptors (Lipinski definition) is 4. The van der Waals surface area contributed by atoms with Crippen LogP contribution in [-0.4, -0.2) is 25.2 Å². The van der Waals surface area contributed by atoms with Crippen molar-refractivity contribution >= 4 is 17.2 Å². The van der Waals surface area contributed by atoms with Crippen LogP contribution in [0.5, 0.6) is 11.5 Å². The number of rotatable bonds is 3. The van der Waals surface area contributed by atoms with E-state index in [-0.39, 0.29) is 5.91 Å². The van der Waals surface area contributed by atoms with E-state index >= 15 is 0 Å². The molecule has 0 bridgehead atoms. The molecule has 2 fully saturated rings. The van der Waals surface area contributed by atoms with Crippen molar-refractivity contribution in [2.24, 2.45) is 5.41 Å². The van der Waals surface area contributed by atoms with Crippen molar-refractivity contribution in [3.8, 4) is 21.9 Å². The van der Waals surface area contributed by atoms with Crippen molar-refractivity contribution < 1.29 is 14.3 Å². The summed E-state index contributed by atoms with van der Waals surface area (Å²) in [6, 6.07) is 10.3. The maximum absolute atomic E-state index is 12.5. The minimum atomic E-state index is 0.0672. The van der Waals surface area contributed by atoms with Crippen LogP contribution in [0.25, 0.3) is 10.4 Å². The summed E-state index contributed by atoms with van der Waals surface area (Å²) in [6.07, 6.45) is 5.05. The van der Waals surface area contributed by atoms with Crippen molar-refractivity contribution in [1.29, 1.82) is 0 Å². The zero-order valence-electron chi connectivity index (χ0n) is 13.3. The molecule has 0 radical (unpaired) electrons. The van der Waals surface area contributed by atoms with E-state index in [1.165, 1.54) is 37.0 Å². The van der Waals surface area contributed by atoms with Gasteiger partial charge in [0.05, 0.1) is 4.88 Å². The average Bonchev–Trinajstić information content (AvgIpc) is 3.10. The monoisotopic (exact) mass is 341 g/mol. The number of fused-ring (bicyclic) bond motifs is 1. The van der Waals surface area contributed by atoms with Gasteiger partial charge >= 0.3 is 0 Å².